The minimum atomic E-state index is -3.86. The second-order valence-corrected chi connectivity index (χ2v) is 9.76. The van der Waals surface area contributed by atoms with E-state index in [4.69, 9.17) is 5.14 Å². The van der Waals surface area contributed by atoms with E-state index in [1.54, 1.807) is 13.0 Å². The number of benzene rings is 2. The van der Waals surface area contributed by atoms with E-state index < -0.39 is 21.9 Å². The molecule has 1 atom stereocenters. The largest absolute Gasteiger partial charge is 0.435 e. The Morgan fingerprint density at radius 1 is 1.25 bits per heavy atom. The van der Waals surface area contributed by atoms with Crippen molar-refractivity contribution >= 4 is 44.4 Å². The van der Waals surface area contributed by atoms with Crippen LogP contribution in [0.3, 0.4) is 0 Å². The summed E-state index contributed by atoms with van der Waals surface area (Å²) in [7, 11) is -3.86. The van der Waals surface area contributed by atoms with Crippen molar-refractivity contribution in [3.05, 3.63) is 42.5 Å². The Balaban J connectivity index is 1.78. The number of hydrogen-bond acceptors (Lipinski definition) is 6. The molecule has 0 fully saturated rings. The molecule has 0 saturated heterocycles. The highest BCUT2D eigenvalue weighted by atomic mass is 32.2. The first kappa shape index (κ1) is 24.0. The number of imidazole rings is 1. The highest BCUT2D eigenvalue weighted by Gasteiger charge is 2.21. The van der Waals surface area contributed by atoms with Crippen molar-refractivity contribution in [1.29, 1.82) is 0 Å². The van der Waals surface area contributed by atoms with Crippen LogP contribution in [0, 0.1) is 0 Å². The zero-order chi connectivity index (χ0) is 23.5. The van der Waals surface area contributed by atoms with Gasteiger partial charge in [0.25, 0.3) is 0 Å². The van der Waals surface area contributed by atoms with Crippen LogP contribution in [0.5, 0.6) is 5.75 Å². The number of halogens is 2. The van der Waals surface area contributed by atoms with E-state index in [9.17, 15) is 22.0 Å². The van der Waals surface area contributed by atoms with Gasteiger partial charge in [-0.15, -0.1) is 0 Å². The van der Waals surface area contributed by atoms with Crippen LogP contribution in [0.25, 0.3) is 11.0 Å². The number of anilines is 1. The smallest absolute Gasteiger partial charge is 0.387 e. The van der Waals surface area contributed by atoms with Crippen molar-refractivity contribution in [3.8, 4) is 5.75 Å². The Labute approximate surface area is 188 Å². The zero-order valence-corrected chi connectivity index (χ0v) is 18.9. The summed E-state index contributed by atoms with van der Waals surface area (Å²) in [6.07, 6.45) is 0.809. The number of amides is 1. The summed E-state index contributed by atoms with van der Waals surface area (Å²) in [5, 5.41) is 7.96. The Morgan fingerprint density at radius 2 is 1.94 bits per heavy atom. The first-order valence-corrected chi connectivity index (χ1v) is 12.1. The SMILES string of the molecule is CCCn1c(SC(C)C(=O)Nc2ccc(OC(F)F)cc2)nc2cc(S(N)(=O)=O)ccc21. The van der Waals surface area contributed by atoms with Crippen LogP contribution >= 0.6 is 11.8 Å². The third-order valence-electron chi connectivity index (χ3n) is 4.46. The van der Waals surface area contributed by atoms with Gasteiger partial charge in [-0.3, -0.25) is 4.79 Å². The molecule has 0 aliphatic rings. The molecular weight excluding hydrogens is 462 g/mol. The second kappa shape index (κ2) is 9.84. The number of nitrogens with two attached hydrogens (primary N) is 1. The number of carbonyl (C=O) groups excluding carboxylic acids is 1. The average Bonchev–Trinajstić information content (AvgIpc) is 3.05. The van der Waals surface area contributed by atoms with Gasteiger partial charge in [0.05, 0.1) is 21.2 Å². The summed E-state index contributed by atoms with van der Waals surface area (Å²) < 4.78 is 54.0. The molecular formula is C20H22F2N4O4S2. The van der Waals surface area contributed by atoms with Crippen molar-refractivity contribution in [3.63, 3.8) is 0 Å². The fourth-order valence-corrected chi connectivity index (χ4v) is 4.45. The van der Waals surface area contributed by atoms with Gasteiger partial charge >= 0.3 is 6.61 Å². The molecule has 0 radical (unpaired) electrons. The third-order valence-corrected chi connectivity index (χ3v) is 6.46. The van der Waals surface area contributed by atoms with E-state index >= 15 is 0 Å². The van der Waals surface area contributed by atoms with Crippen molar-refractivity contribution in [2.24, 2.45) is 5.14 Å². The number of aromatic nitrogens is 2. The van der Waals surface area contributed by atoms with Crippen LogP contribution in [-0.4, -0.2) is 35.7 Å². The Hall–Kier alpha value is -2.70. The highest BCUT2D eigenvalue weighted by molar-refractivity contribution is 8.00. The van der Waals surface area contributed by atoms with Crippen LogP contribution in [0.4, 0.5) is 14.5 Å². The van der Waals surface area contributed by atoms with E-state index in [-0.39, 0.29) is 16.6 Å². The van der Waals surface area contributed by atoms with Gasteiger partial charge in [-0.25, -0.2) is 18.5 Å². The van der Waals surface area contributed by atoms with Crippen LogP contribution in [0.2, 0.25) is 0 Å². The molecule has 172 valence electrons. The molecule has 0 aliphatic heterocycles. The van der Waals surface area contributed by atoms with Gasteiger partial charge in [-0.2, -0.15) is 8.78 Å². The summed E-state index contributed by atoms with van der Waals surface area (Å²) in [5.74, 6) is -0.314. The van der Waals surface area contributed by atoms with E-state index in [0.717, 1.165) is 11.9 Å². The number of rotatable bonds is 9. The van der Waals surface area contributed by atoms with Crippen LogP contribution in [0.15, 0.2) is 52.5 Å². The molecule has 1 amide bonds. The van der Waals surface area contributed by atoms with Gasteiger partial charge in [0.1, 0.15) is 5.75 Å². The van der Waals surface area contributed by atoms with Crippen molar-refractivity contribution in [2.45, 2.75) is 48.7 Å². The molecule has 0 saturated carbocycles. The van der Waals surface area contributed by atoms with Crippen molar-refractivity contribution in [1.82, 2.24) is 9.55 Å². The lowest BCUT2D eigenvalue weighted by atomic mass is 10.3. The Morgan fingerprint density at radius 3 is 2.53 bits per heavy atom. The predicted molar refractivity (Wildman–Crippen MR) is 118 cm³/mol. The van der Waals surface area contributed by atoms with E-state index in [1.165, 1.54) is 48.2 Å². The summed E-state index contributed by atoms with van der Waals surface area (Å²) in [6, 6.07) is 10.1. The lowest BCUT2D eigenvalue weighted by molar-refractivity contribution is -0.115. The number of aryl methyl sites for hydroxylation is 1. The lowest BCUT2D eigenvalue weighted by Gasteiger charge is -2.13. The number of nitrogens with zero attached hydrogens (tertiary/aromatic N) is 2. The van der Waals surface area contributed by atoms with Crippen LogP contribution < -0.4 is 15.2 Å². The quantitative estimate of drug-likeness (QED) is 0.446. The van der Waals surface area contributed by atoms with E-state index in [2.05, 4.69) is 15.0 Å². The van der Waals surface area contributed by atoms with Gasteiger partial charge in [0.15, 0.2) is 5.16 Å². The molecule has 1 aromatic heterocycles. The molecule has 3 N–H and O–H groups in total. The molecule has 12 heteroatoms. The van der Waals surface area contributed by atoms with Gasteiger partial charge in [-0.1, -0.05) is 18.7 Å². The first-order valence-electron chi connectivity index (χ1n) is 9.64. The summed E-state index contributed by atoms with van der Waals surface area (Å²) in [6.45, 7) is 1.42. The second-order valence-electron chi connectivity index (χ2n) is 6.89. The van der Waals surface area contributed by atoms with Gasteiger partial charge < -0.3 is 14.6 Å². The maximum absolute atomic E-state index is 12.6. The topological polar surface area (TPSA) is 116 Å². The fourth-order valence-electron chi connectivity index (χ4n) is 2.97. The molecule has 3 rings (SSSR count). The number of carbonyl (C=O) groups is 1. The zero-order valence-electron chi connectivity index (χ0n) is 17.3. The lowest BCUT2D eigenvalue weighted by Crippen LogP contribution is -2.23. The molecule has 32 heavy (non-hydrogen) atoms. The number of nitrogens with one attached hydrogen (secondary N) is 1. The van der Waals surface area contributed by atoms with Gasteiger partial charge in [0, 0.05) is 12.2 Å². The van der Waals surface area contributed by atoms with Crippen LogP contribution in [0.1, 0.15) is 20.3 Å². The summed E-state index contributed by atoms with van der Waals surface area (Å²) in [4.78, 5) is 17.1. The first-order chi connectivity index (χ1) is 15.1. The van der Waals surface area contributed by atoms with Crippen molar-refractivity contribution in [2.75, 3.05) is 5.32 Å². The Bertz CT molecular complexity index is 1210. The van der Waals surface area contributed by atoms with Crippen LogP contribution in [-0.2, 0) is 21.4 Å². The van der Waals surface area contributed by atoms with Gasteiger partial charge in [-0.05, 0) is 55.8 Å². The molecule has 8 nitrogen and oxygen atoms in total. The fraction of sp³-hybridized carbons (Fsp3) is 0.300. The predicted octanol–water partition coefficient (Wildman–Crippen LogP) is 3.81. The maximum atomic E-state index is 12.6. The average molecular weight is 485 g/mol. The van der Waals surface area contributed by atoms with E-state index in [0.29, 0.717) is 22.9 Å². The number of hydrogen-bond donors (Lipinski definition) is 2. The third kappa shape index (κ3) is 5.75. The van der Waals surface area contributed by atoms with E-state index in [1.807, 2.05) is 11.5 Å². The number of primary sulfonamides is 1. The summed E-state index contributed by atoms with van der Waals surface area (Å²) >= 11 is 1.22. The normalized spacial score (nSPS) is 12.8. The van der Waals surface area contributed by atoms with Gasteiger partial charge in [0.2, 0.25) is 15.9 Å². The number of fused-ring (bicyclic) bond motifs is 1. The molecule has 3 aromatic rings. The Kier molecular flexibility index (Phi) is 7.36. The number of ether oxygens (including phenoxy) is 1. The standard InChI is InChI=1S/C20H22F2N4O4S2/c1-3-10-26-17-9-8-15(32(23,28)29)11-16(17)25-20(26)31-12(2)18(27)24-13-4-6-14(7-5-13)30-19(21)22/h4-9,11-12,19H,3,10H2,1-2H3,(H,24,27)(H2,23,28,29). The minimum Gasteiger partial charge on any atom is -0.435 e. The number of sulfonamides is 1. The number of thioether (sulfide) groups is 1. The minimum absolute atomic E-state index is 0.00688. The molecule has 0 bridgehead atoms. The molecule has 1 heterocycles. The molecule has 2 aromatic carbocycles. The summed E-state index contributed by atoms with van der Waals surface area (Å²) in [5.41, 5.74) is 1.64. The molecule has 0 spiro atoms. The molecule has 0 aliphatic carbocycles. The van der Waals surface area contributed by atoms with Crippen molar-refractivity contribution < 1.29 is 26.7 Å². The monoisotopic (exact) mass is 484 g/mol. The number of alkyl halides is 2. The molecule has 1 unspecified atom stereocenters. The maximum Gasteiger partial charge on any atom is 0.387 e. The highest BCUT2D eigenvalue weighted by Crippen LogP contribution is 2.29.